The maximum absolute atomic E-state index is 13.1. The lowest BCUT2D eigenvalue weighted by Crippen LogP contribution is -2.01. The van der Waals surface area contributed by atoms with Gasteiger partial charge in [-0.05, 0) is 31.5 Å². The highest BCUT2D eigenvalue weighted by molar-refractivity contribution is 5.75. The van der Waals surface area contributed by atoms with Crippen LogP contribution in [0.25, 0.3) is 11.0 Å². The highest BCUT2D eigenvalue weighted by atomic mass is 19.1. The molecule has 2 rings (SSSR count). The molecule has 0 spiro atoms. The summed E-state index contributed by atoms with van der Waals surface area (Å²) in [4.78, 5) is 4.46. The molecule has 1 heterocycles. The van der Waals surface area contributed by atoms with E-state index in [1.165, 1.54) is 12.1 Å². The van der Waals surface area contributed by atoms with E-state index in [4.69, 9.17) is 5.73 Å². The van der Waals surface area contributed by atoms with Gasteiger partial charge in [-0.25, -0.2) is 9.37 Å². The maximum atomic E-state index is 13.1. The molecule has 1 aromatic carbocycles. The van der Waals surface area contributed by atoms with E-state index >= 15 is 0 Å². The van der Waals surface area contributed by atoms with Crippen LogP contribution in [-0.2, 0) is 13.5 Å². The largest absolute Gasteiger partial charge is 0.331 e. The zero-order valence-corrected chi connectivity index (χ0v) is 10.1. The van der Waals surface area contributed by atoms with Crippen LogP contribution in [0.3, 0.4) is 0 Å². The van der Waals surface area contributed by atoms with Crippen molar-refractivity contribution < 1.29 is 4.39 Å². The fourth-order valence-electron chi connectivity index (χ4n) is 2.05. The summed E-state index contributed by atoms with van der Waals surface area (Å²) >= 11 is 0. The molecule has 0 saturated heterocycles. The van der Waals surface area contributed by atoms with Crippen molar-refractivity contribution >= 4 is 11.0 Å². The van der Waals surface area contributed by atoms with E-state index in [0.717, 1.165) is 49.1 Å². The van der Waals surface area contributed by atoms with Crippen LogP contribution >= 0.6 is 0 Å². The van der Waals surface area contributed by atoms with Crippen molar-refractivity contribution in [3.63, 3.8) is 0 Å². The molecule has 1 aromatic heterocycles. The monoisotopic (exact) mass is 235 g/mol. The van der Waals surface area contributed by atoms with Crippen molar-refractivity contribution in [2.75, 3.05) is 6.54 Å². The number of nitrogens with zero attached hydrogens (tertiary/aromatic N) is 2. The zero-order valence-electron chi connectivity index (χ0n) is 10.1. The van der Waals surface area contributed by atoms with E-state index in [-0.39, 0.29) is 5.82 Å². The minimum atomic E-state index is -0.231. The van der Waals surface area contributed by atoms with E-state index in [0.29, 0.717) is 0 Å². The summed E-state index contributed by atoms with van der Waals surface area (Å²) in [6.45, 7) is 0.744. The molecule has 3 nitrogen and oxygen atoms in total. The van der Waals surface area contributed by atoms with Gasteiger partial charge in [-0.3, -0.25) is 0 Å². The Morgan fingerprint density at radius 1 is 1.29 bits per heavy atom. The van der Waals surface area contributed by atoms with Gasteiger partial charge in [0.15, 0.2) is 0 Å². The quantitative estimate of drug-likeness (QED) is 0.809. The second-order valence-electron chi connectivity index (χ2n) is 4.32. The molecule has 0 atom stereocenters. The van der Waals surface area contributed by atoms with Gasteiger partial charge in [0.05, 0.1) is 11.0 Å². The lowest BCUT2D eigenvalue weighted by molar-refractivity contribution is 0.629. The minimum absolute atomic E-state index is 0.231. The number of halogens is 1. The molecule has 0 aliphatic heterocycles. The summed E-state index contributed by atoms with van der Waals surface area (Å²) in [5.41, 5.74) is 7.18. The number of aromatic nitrogens is 2. The molecule has 0 radical (unpaired) electrons. The van der Waals surface area contributed by atoms with Gasteiger partial charge in [0, 0.05) is 19.5 Å². The van der Waals surface area contributed by atoms with Crippen molar-refractivity contribution in [1.82, 2.24) is 9.55 Å². The van der Waals surface area contributed by atoms with E-state index in [9.17, 15) is 4.39 Å². The van der Waals surface area contributed by atoms with E-state index in [2.05, 4.69) is 4.98 Å². The van der Waals surface area contributed by atoms with Crippen LogP contribution in [0.15, 0.2) is 18.2 Å². The van der Waals surface area contributed by atoms with Crippen LogP contribution in [0.1, 0.15) is 25.1 Å². The van der Waals surface area contributed by atoms with Gasteiger partial charge in [-0.15, -0.1) is 0 Å². The molecule has 0 fully saturated rings. The molecule has 0 aliphatic rings. The van der Waals surface area contributed by atoms with Crippen LogP contribution in [0, 0.1) is 5.82 Å². The molecular weight excluding hydrogens is 217 g/mol. The Balaban J connectivity index is 2.15. The lowest BCUT2D eigenvalue weighted by Gasteiger charge is -2.01. The fourth-order valence-corrected chi connectivity index (χ4v) is 2.05. The first kappa shape index (κ1) is 12.0. The molecule has 0 amide bonds. The number of aryl methyl sites for hydroxylation is 2. The third-order valence-corrected chi connectivity index (χ3v) is 3.04. The van der Waals surface area contributed by atoms with Crippen molar-refractivity contribution in [3.8, 4) is 0 Å². The Hall–Kier alpha value is -1.42. The topological polar surface area (TPSA) is 43.8 Å². The Morgan fingerprint density at radius 3 is 2.88 bits per heavy atom. The normalized spacial score (nSPS) is 11.2. The first-order valence-corrected chi connectivity index (χ1v) is 6.03. The highest BCUT2D eigenvalue weighted by Gasteiger charge is 2.07. The van der Waals surface area contributed by atoms with Crippen LogP contribution < -0.4 is 5.73 Å². The SMILES string of the molecule is Cn1c(CCCCCN)nc2cc(F)ccc21. The first-order chi connectivity index (χ1) is 8.22. The summed E-state index contributed by atoms with van der Waals surface area (Å²) in [7, 11) is 1.98. The molecule has 2 N–H and O–H groups in total. The van der Waals surface area contributed by atoms with Crippen LogP contribution in [-0.4, -0.2) is 16.1 Å². The standard InChI is InChI=1S/C13H18FN3/c1-17-12-7-6-10(14)9-11(12)16-13(17)5-3-2-4-8-15/h6-7,9H,2-5,8,15H2,1H3. The van der Waals surface area contributed by atoms with Gasteiger partial charge >= 0.3 is 0 Å². The third-order valence-electron chi connectivity index (χ3n) is 3.04. The predicted octanol–water partition coefficient (Wildman–Crippen LogP) is 2.38. The average molecular weight is 235 g/mol. The number of unbranched alkanes of at least 4 members (excludes halogenated alkanes) is 2. The van der Waals surface area contributed by atoms with Gasteiger partial charge in [-0.1, -0.05) is 6.42 Å². The molecule has 0 saturated carbocycles. The van der Waals surface area contributed by atoms with E-state index < -0.39 is 0 Å². The second kappa shape index (κ2) is 5.27. The van der Waals surface area contributed by atoms with Crippen LogP contribution in [0.2, 0.25) is 0 Å². The van der Waals surface area contributed by atoms with Crippen LogP contribution in [0.4, 0.5) is 4.39 Å². The first-order valence-electron chi connectivity index (χ1n) is 6.03. The Labute approximate surface area is 100 Å². The Morgan fingerprint density at radius 2 is 2.12 bits per heavy atom. The number of fused-ring (bicyclic) bond motifs is 1. The number of hydrogen-bond donors (Lipinski definition) is 1. The van der Waals surface area contributed by atoms with Crippen molar-refractivity contribution in [3.05, 3.63) is 29.8 Å². The molecule has 0 unspecified atom stereocenters. The van der Waals surface area contributed by atoms with Gasteiger partial charge in [0.2, 0.25) is 0 Å². The number of benzene rings is 1. The van der Waals surface area contributed by atoms with Gasteiger partial charge < -0.3 is 10.3 Å². The zero-order chi connectivity index (χ0) is 12.3. The molecule has 0 bridgehead atoms. The smallest absolute Gasteiger partial charge is 0.125 e. The summed E-state index contributed by atoms with van der Waals surface area (Å²) < 4.78 is 15.1. The Bertz CT molecular complexity index is 505. The lowest BCUT2D eigenvalue weighted by atomic mass is 10.2. The molecule has 2 aromatic rings. The second-order valence-corrected chi connectivity index (χ2v) is 4.32. The number of imidazole rings is 1. The number of rotatable bonds is 5. The van der Waals surface area contributed by atoms with Crippen molar-refractivity contribution in [2.24, 2.45) is 12.8 Å². The highest BCUT2D eigenvalue weighted by Crippen LogP contribution is 2.17. The van der Waals surface area contributed by atoms with E-state index in [1.54, 1.807) is 6.07 Å². The number of nitrogens with two attached hydrogens (primary N) is 1. The van der Waals surface area contributed by atoms with Crippen molar-refractivity contribution in [2.45, 2.75) is 25.7 Å². The summed E-state index contributed by atoms with van der Waals surface area (Å²) in [6.07, 6.45) is 4.18. The average Bonchev–Trinajstić information content (AvgIpc) is 2.61. The maximum Gasteiger partial charge on any atom is 0.125 e. The molecular formula is C13H18FN3. The summed E-state index contributed by atoms with van der Waals surface area (Å²) in [5.74, 6) is 0.785. The molecule has 17 heavy (non-hydrogen) atoms. The summed E-state index contributed by atoms with van der Waals surface area (Å²) in [5, 5.41) is 0. The fraction of sp³-hybridized carbons (Fsp3) is 0.462. The Kier molecular flexibility index (Phi) is 3.74. The van der Waals surface area contributed by atoms with Gasteiger partial charge in [0.25, 0.3) is 0 Å². The molecule has 4 heteroatoms. The molecule has 0 aliphatic carbocycles. The third kappa shape index (κ3) is 2.64. The number of hydrogen-bond acceptors (Lipinski definition) is 2. The van der Waals surface area contributed by atoms with Crippen molar-refractivity contribution in [1.29, 1.82) is 0 Å². The minimum Gasteiger partial charge on any atom is -0.331 e. The van der Waals surface area contributed by atoms with Gasteiger partial charge in [-0.2, -0.15) is 0 Å². The molecule has 92 valence electrons. The van der Waals surface area contributed by atoms with E-state index in [1.807, 2.05) is 11.6 Å². The predicted molar refractivity (Wildman–Crippen MR) is 67.3 cm³/mol. The van der Waals surface area contributed by atoms with Gasteiger partial charge in [0.1, 0.15) is 11.6 Å². The summed E-state index contributed by atoms with van der Waals surface area (Å²) in [6, 6.07) is 4.74. The van der Waals surface area contributed by atoms with Crippen LogP contribution in [0.5, 0.6) is 0 Å².